The quantitative estimate of drug-likeness (QED) is 0.398. The second kappa shape index (κ2) is 11.5. The summed E-state index contributed by atoms with van der Waals surface area (Å²) in [5.41, 5.74) is 5.50. The third-order valence-electron chi connectivity index (χ3n) is 6.39. The first kappa shape index (κ1) is 24.3. The van der Waals surface area contributed by atoms with Gasteiger partial charge in [-0.2, -0.15) is 0 Å². The van der Waals surface area contributed by atoms with Crippen molar-refractivity contribution in [2.24, 2.45) is 0 Å². The van der Waals surface area contributed by atoms with Gasteiger partial charge in [-0.05, 0) is 80.1 Å². The predicted octanol–water partition coefficient (Wildman–Crippen LogP) is 4.53. The fourth-order valence-corrected chi connectivity index (χ4v) is 4.73. The molecule has 0 aromatic heterocycles. The zero-order chi connectivity index (χ0) is 21.6. The van der Waals surface area contributed by atoms with E-state index in [2.05, 4.69) is 11.4 Å². The summed E-state index contributed by atoms with van der Waals surface area (Å²) in [6.45, 7) is 2.66. The number of ketones is 1. The van der Waals surface area contributed by atoms with Gasteiger partial charge in [0.15, 0.2) is 5.78 Å². The summed E-state index contributed by atoms with van der Waals surface area (Å²) >= 11 is 0. The Morgan fingerprint density at radius 3 is 2.62 bits per heavy atom. The number of methoxy groups -OCH3 is 1. The lowest BCUT2D eigenvalue weighted by atomic mass is 9.94. The van der Waals surface area contributed by atoms with Crippen LogP contribution in [0.15, 0.2) is 36.4 Å². The molecule has 0 fully saturated rings. The molecule has 0 bridgehead atoms. The van der Waals surface area contributed by atoms with E-state index in [1.165, 1.54) is 16.7 Å². The number of nitrogens with zero attached hydrogens (tertiary/aromatic N) is 1. The first-order valence-corrected chi connectivity index (χ1v) is 11.5. The molecule has 2 aliphatic heterocycles. The Balaban J connectivity index is 0.00000289. The van der Waals surface area contributed by atoms with Gasteiger partial charge >= 0.3 is 0 Å². The fraction of sp³-hybridized carbons (Fsp3) is 0.462. The number of Topliss-reactive ketones (excluding diaryl/α,β-unsaturated/α-hetero) is 1. The highest BCUT2D eigenvalue weighted by atomic mass is 35.5. The molecule has 0 saturated heterocycles. The van der Waals surface area contributed by atoms with Gasteiger partial charge in [-0.1, -0.05) is 24.6 Å². The molecule has 2 aromatic carbocycles. The average Bonchev–Trinajstić information content (AvgIpc) is 3.23. The van der Waals surface area contributed by atoms with E-state index >= 15 is 0 Å². The highest BCUT2D eigenvalue weighted by molar-refractivity contribution is 6.02. The molecule has 0 atom stereocenters. The SMILES string of the molecule is COc1ccccc1CCNCCCCCC(=O)c1cc2c3c(c1)CCN3C(=O)CC2.Cl. The Morgan fingerprint density at radius 2 is 1.81 bits per heavy atom. The Morgan fingerprint density at radius 1 is 1.03 bits per heavy atom. The van der Waals surface area contributed by atoms with Gasteiger partial charge < -0.3 is 15.0 Å². The van der Waals surface area contributed by atoms with Crippen molar-refractivity contribution in [3.8, 4) is 5.75 Å². The van der Waals surface area contributed by atoms with Crippen LogP contribution in [0.2, 0.25) is 0 Å². The minimum absolute atomic E-state index is 0. The van der Waals surface area contributed by atoms with Crippen molar-refractivity contribution in [1.82, 2.24) is 5.32 Å². The smallest absolute Gasteiger partial charge is 0.227 e. The molecule has 32 heavy (non-hydrogen) atoms. The van der Waals surface area contributed by atoms with Crippen molar-refractivity contribution < 1.29 is 14.3 Å². The first-order valence-electron chi connectivity index (χ1n) is 11.5. The van der Waals surface area contributed by atoms with E-state index < -0.39 is 0 Å². The van der Waals surface area contributed by atoms with Gasteiger partial charge in [0.2, 0.25) is 5.91 Å². The summed E-state index contributed by atoms with van der Waals surface area (Å²) in [4.78, 5) is 26.7. The molecule has 4 rings (SSSR count). The van der Waals surface area contributed by atoms with Crippen molar-refractivity contribution in [2.75, 3.05) is 31.6 Å². The van der Waals surface area contributed by atoms with Gasteiger partial charge in [-0.25, -0.2) is 0 Å². The molecule has 0 aliphatic carbocycles. The van der Waals surface area contributed by atoms with Gasteiger partial charge in [0.1, 0.15) is 5.75 Å². The molecule has 0 radical (unpaired) electrons. The monoisotopic (exact) mass is 456 g/mol. The summed E-state index contributed by atoms with van der Waals surface area (Å²) in [6.07, 6.45) is 6.79. The van der Waals surface area contributed by atoms with Crippen LogP contribution in [0, 0.1) is 0 Å². The normalized spacial score (nSPS) is 14.2. The third kappa shape index (κ3) is 5.51. The molecule has 2 aliphatic rings. The Labute approximate surface area is 196 Å². The molecule has 6 heteroatoms. The van der Waals surface area contributed by atoms with Crippen LogP contribution in [-0.2, 0) is 24.1 Å². The molecule has 5 nitrogen and oxygen atoms in total. The number of hydrogen-bond donors (Lipinski definition) is 1. The number of aryl methyl sites for hydroxylation is 1. The van der Waals surface area contributed by atoms with Crippen molar-refractivity contribution in [3.05, 3.63) is 58.7 Å². The molecular weight excluding hydrogens is 424 g/mol. The predicted molar refractivity (Wildman–Crippen MR) is 130 cm³/mol. The first-order chi connectivity index (χ1) is 15.2. The lowest BCUT2D eigenvalue weighted by Crippen LogP contribution is -2.32. The van der Waals surface area contributed by atoms with Gasteiger partial charge in [-0.15, -0.1) is 12.4 Å². The van der Waals surface area contributed by atoms with E-state index in [-0.39, 0.29) is 24.1 Å². The summed E-state index contributed by atoms with van der Waals surface area (Å²) in [6, 6.07) is 12.2. The maximum Gasteiger partial charge on any atom is 0.227 e. The van der Waals surface area contributed by atoms with E-state index in [1.54, 1.807) is 7.11 Å². The molecule has 1 N–H and O–H groups in total. The molecule has 1 amide bonds. The molecule has 0 saturated carbocycles. The number of halogens is 1. The second-order valence-corrected chi connectivity index (χ2v) is 8.48. The van der Waals surface area contributed by atoms with Gasteiger partial charge in [0.05, 0.1) is 12.8 Å². The van der Waals surface area contributed by atoms with Crippen molar-refractivity contribution in [3.63, 3.8) is 0 Å². The van der Waals surface area contributed by atoms with Crippen molar-refractivity contribution in [1.29, 1.82) is 0 Å². The largest absolute Gasteiger partial charge is 0.496 e. The summed E-state index contributed by atoms with van der Waals surface area (Å²) in [7, 11) is 1.71. The standard InChI is InChI=1S/C26H32N2O3.ClH/c1-31-24-9-5-4-7-19(24)12-15-27-14-6-2-3-8-23(29)22-17-20-10-11-25(30)28-16-13-21(18-22)26(20)28;/h4-5,7,9,17-18,27H,2-3,6,8,10-16H2,1H3;1H. The van der Waals surface area contributed by atoms with Crippen LogP contribution in [0.3, 0.4) is 0 Å². The van der Waals surface area contributed by atoms with Crippen LogP contribution in [0.4, 0.5) is 5.69 Å². The Hall–Kier alpha value is -2.37. The van der Waals surface area contributed by atoms with Crippen molar-refractivity contribution in [2.45, 2.75) is 51.4 Å². The molecule has 0 unspecified atom stereocenters. The lowest BCUT2D eigenvalue weighted by Gasteiger charge is -2.25. The molecule has 2 heterocycles. The van der Waals surface area contributed by atoms with E-state index in [4.69, 9.17) is 4.74 Å². The Bertz CT molecular complexity index is 960. The second-order valence-electron chi connectivity index (χ2n) is 8.48. The summed E-state index contributed by atoms with van der Waals surface area (Å²) < 4.78 is 5.39. The molecule has 0 spiro atoms. The van der Waals surface area contributed by atoms with E-state index in [0.717, 1.165) is 75.2 Å². The third-order valence-corrected chi connectivity index (χ3v) is 6.39. The van der Waals surface area contributed by atoms with Crippen LogP contribution in [0.1, 0.15) is 59.2 Å². The molecule has 2 aromatic rings. The average molecular weight is 457 g/mol. The van der Waals surface area contributed by atoms with Crippen LogP contribution >= 0.6 is 12.4 Å². The number of rotatable bonds is 11. The summed E-state index contributed by atoms with van der Waals surface area (Å²) in [5, 5.41) is 3.49. The van der Waals surface area contributed by atoms with Crippen molar-refractivity contribution >= 4 is 29.8 Å². The zero-order valence-electron chi connectivity index (χ0n) is 18.8. The van der Waals surface area contributed by atoms with Crippen LogP contribution in [0.25, 0.3) is 0 Å². The number of ether oxygens (including phenoxy) is 1. The van der Waals surface area contributed by atoms with Crippen LogP contribution in [0.5, 0.6) is 5.75 Å². The topological polar surface area (TPSA) is 58.6 Å². The highest BCUT2D eigenvalue weighted by Crippen LogP contribution is 2.37. The maximum atomic E-state index is 12.7. The van der Waals surface area contributed by atoms with Gasteiger partial charge in [-0.3, -0.25) is 9.59 Å². The van der Waals surface area contributed by atoms with Crippen LogP contribution < -0.4 is 15.0 Å². The number of hydrogen-bond acceptors (Lipinski definition) is 4. The van der Waals surface area contributed by atoms with E-state index in [9.17, 15) is 9.59 Å². The number of carbonyl (C=O) groups is 2. The van der Waals surface area contributed by atoms with Crippen LogP contribution in [-0.4, -0.2) is 38.4 Å². The number of benzene rings is 2. The highest BCUT2D eigenvalue weighted by Gasteiger charge is 2.31. The maximum absolute atomic E-state index is 12.7. The minimum Gasteiger partial charge on any atom is -0.496 e. The molecule has 172 valence electrons. The van der Waals surface area contributed by atoms with Gasteiger partial charge in [0.25, 0.3) is 0 Å². The van der Waals surface area contributed by atoms with E-state index in [1.807, 2.05) is 35.2 Å². The number of amides is 1. The fourth-order valence-electron chi connectivity index (χ4n) is 4.73. The summed E-state index contributed by atoms with van der Waals surface area (Å²) in [5.74, 6) is 1.41. The Kier molecular flexibility index (Phi) is 8.71. The lowest BCUT2D eigenvalue weighted by molar-refractivity contribution is -0.118. The number of nitrogens with one attached hydrogen (secondary N) is 1. The zero-order valence-corrected chi connectivity index (χ0v) is 19.6. The number of unbranched alkanes of at least 4 members (excludes halogenated alkanes) is 2. The van der Waals surface area contributed by atoms with Gasteiger partial charge in [0, 0.05) is 24.9 Å². The minimum atomic E-state index is 0. The number of anilines is 1. The number of carbonyl (C=O) groups excluding carboxylic acids is 2. The van der Waals surface area contributed by atoms with E-state index in [0.29, 0.717) is 12.8 Å². The number of para-hydroxylation sites is 1. The molecular formula is C26H33ClN2O3.